The van der Waals surface area contributed by atoms with Crippen LogP contribution >= 0.6 is 0 Å². The van der Waals surface area contributed by atoms with E-state index in [2.05, 4.69) is 14.9 Å². The number of aromatic nitrogens is 2. The fraction of sp³-hybridized carbons (Fsp3) is 0.167. The Hall–Kier alpha value is -2.14. The van der Waals surface area contributed by atoms with E-state index in [9.17, 15) is 4.79 Å². The molecule has 5 heteroatoms. The van der Waals surface area contributed by atoms with Gasteiger partial charge in [0.25, 0.3) is 0 Å². The summed E-state index contributed by atoms with van der Waals surface area (Å²) in [6, 6.07) is 9.35. The van der Waals surface area contributed by atoms with Crippen LogP contribution in [0.4, 0.5) is 0 Å². The van der Waals surface area contributed by atoms with Crippen LogP contribution in [0, 0.1) is 0 Å². The Morgan fingerprint density at radius 2 is 2.24 bits per heavy atom. The molecule has 0 atom stereocenters. The number of benzene rings is 1. The average Bonchev–Trinajstić information content (AvgIpc) is 2.87. The van der Waals surface area contributed by atoms with Crippen molar-refractivity contribution in [1.82, 2.24) is 10.2 Å². The number of nitrogens with two attached hydrogens (primary N) is 1. The van der Waals surface area contributed by atoms with Crippen molar-refractivity contribution in [2.75, 3.05) is 7.11 Å². The van der Waals surface area contributed by atoms with Gasteiger partial charge in [0.2, 0.25) is 0 Å². The van der Waals surface area contributed by atoms with Crippen LogP contribution < -0.4 is 5.73 Å². The van der Waals surface area contributed by atoms with Gasteiger partial charge >= 0.3 is 5.97 Å². The van der Waals surface area contributed by atoms with Gasteiger partial charge in [-0.15, -0.1) is 0 Å². The number of nitrogens with zero attached hydrogens (tertiary/aromatic N) is 1. The van der Waals surface area contributed by atoms with Gasteiger partial charge in [-0.25, -0.2) is 4.79 Å². The van der Waals surface area contributed by atoms with Crippen LogP contribution in [-0.2, 0) is 11.3 Å². The maximum Gasteiger partial charge on any atom is 0.358 e. The Morgan fingerprint density at radius 3 is 2.94 bits per heavy atom. The summed E-state index contributed by atoms with van der Waals surface area (Å²) in [7, 11) is 1.32. The number of hydrogen-bond acceptors (Lipinski definition) is 4. The number of methoxy groups -OCH3 is 1. The van der Waals surface area contributed by atoms with Gasteiger partial charge in [-0.1, -0.05) is 24.3 Å². The monoisotopic (exact) mass is 231 g/mol. The summed E-state index contributed by atoms with van der Waals surface area (Å²) in [6.07, 6.45) is 0. The van der Waals surface area contributed by atoms with Crippen molar-refractivity contribution in [3.05, 3.63) is 41.6 Å². The van der Waals surface area contributed by atoms with E-state index in [0.717, 1.165) is 16.8 Å². The van der Waals surface area contributed by atoms with Crippen LogP contribution in [0.5, 0.6) is 0 Å². The molecule has 0 aliphatic carbocycles. The zero-order valence-electron chi connectivity index (χ0n) is 9.43. The molecule has 0 bridgehead atoms. The second-order valence-corrected chi connectivity index (χ2v) is 3.52. The van der Waals surface area contributed by atoms with Gasteiger partial charge in [0.05, 0.1) is 12.8 Å². The first-order valence-electron chi connectivity index (χ1n) is 5.18. The van der Waals surface area contributed by atoms with Crippen LogP contribution in [0.2, 0.25) is 0 Å². The van der Waals surface area contributed by atoms with Crippen LogP contribution in [0.1, 0.15) is 16.1 Å². The highest BCUT2D eigenvalue weighted by atomic mass is 16.5. The van der Waals surface area contributed by atoms with E-state index in [-0.39, 0.29) is 5.69 Å². The average molecular weight is 231 g/mol. The van der Waals surface area contributed by atoms with Crippen molar-refractivity contribution in [2.24, 2.45) is 5.73 Å². The second kappa shape index (κ2) is 4.80. The van der Waals surface area contributed by atoms with E-state index < -0.39 is 5.97 Å². The van der Waals surface area contributed by atoms with Crippen molar-refractivity contribution in [2.45, 2.75) is 6.54 Å². The van der Waals surface area contributed by atoms with Crippen LogP contribution in [0.15, 0.2) is 30.3 Å². The summed E-state index contributed by atoms with van der Waals surface area (Å²) in [5, 5.41) is 6.70. The van der Waals surface area contributed by atoms with E-state index in [1.807, 2.05) is 24.3 Å². The summed E-state index contributed by atoms with van der Waals surface area (Å²) >= 11 is 0. The molecule has 3 N–H and O–H groups in total. The molecule has 5 nitrogen and oxygen atoms in total. The van der Waals surface area contributed by atoms with Crippen molar-refractivity contribution in [3.63, 3.8) is 0 Å². The fourth-order valence-corrected chi connectivity index (χ4v) is 1.63. The Labute approximate surface area is 98.6 Å². The zero-order valence-corrected chi connectivity index (χ0v) is 9.43. The zero-order chi connectivity index (χ0) is 12.3. The van der Waals surface area contributed by atoms with Crippen LogP contribution in [-0.4, -0.2) is 23.3 Å². The number of H-pyrrole nitrogens is 1. The quantitative estimate of drug-likeness (QED) is 0.781. The molecule has 0 aliphatic rings. The number of rotatable bonds is 3. The largest absolute Gasteiger partial charge is 0.464 e. The van der Waals surface area contributed by atoms with Crippen molar-refractivity contribution in [1.29, 1.82) is 0 Å². The Morgan fingerprint density at radius 1 is 1.47 bits per heavy atom. The maximum atomic E-state index is 11.3. The number of aromatic amines is 1. The van der Waals surface area contributed by atoms with E-state index in [1.54, 1.807) is 6.07 Å². The Balaban J connectivity index is 2.40. The molecule has 0 saturated heterocycles. The summed E-state index contributed by atoms with van der Waals surface area (Å²) < 4.78 is 4.60. The molecule has 17 heavy (non-hydrogen) atoms. The highest BCUT2D eigenvalue weighted by Crippen LogP contribution is 2.22. The van der Waals surface area contributed by atoms with Gasteiger partial charge in [0.15, 0.2) is 5.69 Å². The van der Waals surface area contributed by atoms with Gasteiger partial charge in [0.1, 0.15) is 0 Å². The summed E-state index contributed by atoms with van der Waals surface area (Å²) in [5.41, 5.74) is 8.60. The van der Waals surface area contributed by atoms with E-state index >= 15 is 0 Å². The first-order chi connectivity index (χ1) is 8.26. The molecule has 0 spiro atoms. The van der Waals surface area contributed by atoms with Crippen molar-refractivity contribution < 1.29 is 9.53 Å². The molecule has 0 aliphatic heterocycles. The first-order valence-corrected chi connectivity index (χ1v) is 5.18. The van der Waals surface area contributed by atoms with Gasteiger partial charge in [0, 0.05) is 12.1 Å². The minimum absolute atomic E-state index is 0.259. The Kier molecular flexibility index (Phi) is 3.20. The molecule has 2 rings (SSSR count). The standard InChI is InChI=1S/C12H13N3O2/c1-17-12(16)11-6-10(14-15-11)9-5-3-2-4-8(9)7-13/h2-6H,7,13H2,1H3,(H,14,15). The topological polar surface area (TPSA) is 81.0 Å². The molecule has 0 fully saturated rings. The number of esters is 1. The lowest BCUT2D eigenvalue weighted by atomic mass is 10.0. The third-order valence-corrected chi connectivity index (χ3v) is 2.50. The van der Waals surface area contributed by atoms with E-state index in [0.29, 0.717) is 6.54 Å². The van der Waals surface area contributed by atoms with Crippen molar-refractivity contribution >= 4 is 5.97 Å². The minimum Gasteiger partial charge on any atom is -0.464 e. The highest BCUT2D eigenvalue weighted by molar-refractivity contribution is 5.88. The number of carbonyl (C=O) groups excluding carboxylic acids is 1. The van der Waals surface area contributed by atoms with Crippen LogP contribution in [0.3, 0.4) is 0 Å². The molecule has 0 amide bonds. The Bertz CT molecular complexity index is 534. The van der Waals surface area contributed by atoms with Gasteiger partial charge in [-0.3, -0.25) is 5.10 Å². The lowest BCUT2D eigenvalue weighted by Gasteiger charge is -2.03. The highest BCUT2D eigenvalue weighted by Gasteiger charge is 2.12. The molecule has 2 aromatic rings. The molecule has 0 radical (unpaired) electrons. The minimum atomic E-state index is -0.460. The van der Waals surface area contributed by atoms with Crippen molar-refractivity contribution in [3.8, 4) is 11.3 Å². The summed E-state index contributed by atoms with van der Waals surface area (Å²) in [6.45, 7) is 0.433. The first kappa shape index (κ1) is 11.3. The lowest BCUT2D eigenvalue weighted by molar-refractivity contribution is 0.0594. The SMILES string of the molecule is COC(=O)c1cc(-c2ccccc2CN)[nH]n1. The molecule has 88 valence electrons. The summed E-state index contributed by atoms with van der Waals surface area (Å²) in [4.78, 5) is 11.3. The van der Waals surface area contributed by atoms with Gasteiger partial charge < -0.3 is 10.5 Å². The smallest absolute Gasteiger partial charge is 0.358 e. The summed E-state index contributed by atoms with van der Waals surface area (Å²) in [5.74, 6) is -0.460. The van der Waals surface area contributed by atoms with E-state index in [4.69, 9.17) is 5.73 Å². The predicted octanol–water partition coefficient (Wildman–Crippen LogP) is 1.32. The number of nitrogens with one attached hydrogen (secondary N) is 1. The molecular formula is C12H13N3O2. The van der Waals surface area contributed by atoms with Gasteiger partial charge in [-0.2, -0.15) is 5.10 Å². The number of hydrogen-bond donors (Lipinski definition) is 2. The third-order valence-electron chi connectivity index (χ3n) is 2.50. The number of ether oxygens (including phenoxy) is 1. The molecule has 1 aromatic heterocycles. The molecule has 0 unspecified atom stereocenters. The van der Waals surface area contributed by atoms with Crippen LogP contribution in [0.25, 0.3) is 11.3 Å². The molecular weight excluding hydrogens is 218 g/mol. The lowest BCUT2D eigenvalue weighted by Crippen LogP contribution is -2.00. The second-order valence-electron chi connectivity index (χ2n) is 3.52. The maximum absolute atomic E-state index is 11.3. The molecule has 0 saturated carbocycles. The number of carbonyl (C=O) groups is 1. The third kappa shape index (κ3) is 2.19. The van der Waals surface area contributed by atoms with E-state index in [1.165, 1.54) is 7.11 Å². The molecule has 1 heterocycles. The predicted molar refractivity (Wildman–Crippen MR) is 63.3 cm³/mol. The fourth-order valence-electron chi connectivity index (χ4n) is 1.63. The van der Waals surface area contributed by atoms with Gasteiger partial charge in [-0.05, 0) is 11.6 Å². The molecule has 1 aromatic carbocycles. The normalized spacial score (nSPS) is 10.2.